The predicted molar refractivity (Wildman–Crippen MR) is 157 cm³/mol. The Kier molecular flexibility index (Phi) is 7.76. The number of aryl methyl sites for hydroxylation is 2. The fraction of sp³-hybridized carbons (Fsp3) is 0.219. The number of hydrogen-bond acceptors (Lipinski definition) is 3. The van der Waals surface area contributed by atoms with Gasteiger partial charge in [0, 0.05) is 23.7 Å². The van der Waals surface area contributed by atoms with Gasteiger partial charge in [0.2, 0.25) is 5.91 Å². The number of benzene rings is 3. The van der Waals surface area contributed by atoms with Gasteiger partial charge in [-0.25, -0.2) is 4.79 Å². The zero-order valence-corrected chi connectivity index (χ0v) is 23.2. The molecule has 7 nitrogen and oxygen atoms in total. The molecule has 0 fully saturated rings. The van der Waals surface area contributed by atoms with Gasteiger partial charge in [-0.1, -0.05) is 66.2 Å². The highest BCUT2D eigenvalue weighted by molar-refractivity contribution is 6.30. The van der Waals surface area contributed by atoms with Crippen molar-refractivity contribution in [2.24, 2.45) is 0 Å². The number of hydrogen-bond donors (Lipinski definition) is 2. The minimum atomic E-state index is -0.811. The van der Waals surface area contributed by atoms with Gasteiger partial charge in [-0.3, -0.25) is 14.5 Å². The van der Waals surface area contributed by atoms with Gasteiger partial charge >= 0.3 is 6.03 Å². The summed E-state index contributed by atoms with van der Waals surface area (Å²) in [7, 11) is 0. The molecule has 3 aromatic carbocycles. The summed E-state index contributed by atoms with van der Waals surface area (Å²) in [4.78, 5) is 44.3. The van der Waals surface area contributed by atoms with Crippen LogP contribution in [0.4, 0.5) is 10.5 Å². The Hall–Kier alpha value is -4.36. The summed E-state index contributed by atoms with van der Waals surface area (Å²) in [6.45, 7) is 8.15. The lowest BCUT2D eigenvalue weighted by Gasteiger charge is -2.33. The molecule has 2 aliphatic rings. The van der Waals surface area contributed by atoms with Crippen LogP contribution in [-0.4, -0.2) is 46.8 Å². The second-order valence-corrected chi connectivity index (χ2v) is 10.6. The normalized spacial score (nSPS) is 17.4. The van der Waals surface area contributed by atoms with Gasteiger partial charge in [-0.05, 0) is 60.4 Å². The van der Waals surface area contributed by atoms with Crippen LogP contribution in [0.1, 0.15) is 28.3 Å². The van der Waals surface area contributed by atoms with Crippen LogP contribution in [0.2, 0.25) is 5.02 Å². The monoisotopic (exact) mass is 554 g/mol. The first-order valence-electron chi connectivity index (χ1n) is 13.2. The molecule has 0 saturated heterocycles. The first kappa shape index (κ1) is 27.2. The predicted octanol–water partition coefficient (Wildman–Crippen LogP) is 5.56. The van der Waals surface area contributed by atoms with E-state index >= 15 is 0 Å². The Labute approximate surface area is 239 Å². The van der Waals surface area contributed by atoms with Crippen LogP contribution in [-0.2, 0) is 16.0 Å². The first-order valence-corrected chi connectivity index (χ1v) is 13.5. The van der Waals surface area contributed by atoms with E-state index in [1.807, 2.05) is 62.4 Å². The third-order valence-electron chi connectivity index (χ3n) is 7.49. The average Bonchev–Trinajstić information content (AvgIpc) is 3.28. The van der Waals surface area contributed by atoms with Crippen molar-refractivity contribution in [3.8, 4) is 0 Å². The fourth-order valence-electron chi connectivity index (χ4n) is 5.22. The SMILES string of the molecule is C=CCN1C(=O)N[C@H](c2ccc(Cl)cc2)C2=C1CN([C@@H](Cc1ccccc1)C(=O)Nc1ccc(C)c(C)c1)C2=O. The van der Waals surface area contributed by atoms with E-state index in [0.717, 1.165) is 22.3 Å². The maximum atomic E-state index is 14.2. The van der Waals surface area contributed by atoms with E-state index in [4.69, 9.17) is 11.6 Å². The number of halogens is 1. The molecule has 0 bridgehead atoms. The van der Waals surface area contributed by atoms with Gasteiger partial charge in [0.05, 0.1) is 23.9 Å². The van der Waals surface area contributed by atoms with Gasteiger partial charge in [0.15, 0.2) is 0 Å². The lowest BCUT2D eigenvalue weighted by molar-refractivity contribution is -0.134. The van der Waals surface area contributed by atoms with Crippen molar-refractivity contribution in [1.82, 2.24) is 15.1 Å². The van der Waals surface area contributed by atoms with Gasteiger partial charge in [-0.15, -0.1) is 6.58 Å². The van der Waals surface area contributed by atoms with E-state index in [1.165, 1.54) is 4.90 Å². The molecule has 2 aliphatic heterocycles. The van der Waals surface area contributed by atoms with E-state index in [9.17, 15) is 14.4 Å². The molecule has 2 heterocycles. The zero-order valence-electron chi connectivity index (χ0n) is 22.5. The summed E-state index contributed by atoms with van der Waals surface area (Å²) in [6.07, 6.45) is 1.94. The van der Waals surface area contributed by atoms with Crippen molar-refractivity contribution in [3.05, 3.63) is 124 Å². The first-order chi connectivity index (χ1) is 19.3. The molecule has 0 radical (unpaired) electrons. The molecule has 0 aliphatic carbocycles. The number of amides is 4. The highest BCUT2D eigenvalue weighted by Crippen LogP contribution is 2.38. The average molecular weight is 555 g/mol. The molecular formula is C32H31ClN4O3. The van der Waals surface area contributed by atoms with E-state index in [0.29, 0.717) is 28.4 Å². The molecule has 3 aromatic rings. The fourth-order valence-corrected chi connectivity index (χ4v) is 5.35. The largest absolute Gasteiger partial charge is 0.326 e. The Balaban J connectivity index is 1.52. The van der Waals surface area contributed by atoms with Gasteiger partial charge in [0.25, 0.3) is 5.91 Å². The van der Waals surface area contributed by atoms with Crippen LogP contribution < -0.4 is 10.6 Å². The molecule has 40 heavy (non-hydrogen) atoms. The maximum absolute atomic E-state index is 14.2. The lowest BCUT2D eigenvalue weighted by Crippen LogP contribution is -2.47. The number of nitrogens with zero attached hydrogens (tertiary/aromatic N) is 2. The maximum Gasteiger partial charge on any atom is 0.322 e. The highest BCUT2D eigenvalue weighted by Gasteiger charge is 2.47. The molecule has 0 unspecified atom stereocenters. The molecular weight excluding hydrogens is 524 g/mol. The Bertz CT molecular complexity index is 1500. The molecule has 204 valence electrons. The summed E-state index contributed by atoms with van der Waals surface area (Å²) in [6, 6.07) is 20.6. The van der Waals surface area contributed by atoms with Crippen molar-refractivity contribution in [3.63, 3.8) is 0 Å². The van der Waals surface area contributed by atoms with Gasteiger partial charge in [0.1, 0.15) is 6.04 Å². The van der Waals surface area contributed by atoms with E-state index in [1.54, 1.807) is 35.2 Å². The standard InChI is InChI=1S/C32H31ClN4O3/c1-4-16-36-27-19-37(31(39)28(27)29(35-32(36)40)23-11-13-24(33)14-12-23)26(18-22-8-6-5-7-9-22)30(38)34-25-15-10-20(2)21(3)17-25/h4-15,17,26,29H,1,16,18-19H2,2-3H3,(H,34,38)(H,35,40)/t26-,29+/m0/s1. The number of nitrogens with one attached hydrogen (secondary N) is 2. The third kappa shape index (κ3) is 5.38. The second kappa shape index (κ2) is 11.4. The van der Waals surface area contributed by atoms with Crippen molar-refractivity contribution < 1.29 is 14.4 Å². The lowest BCUT2D eigenvalue weighted by atomic mass is 9.95. The quantitative estimate of drug-likeness (QED) is 0.358. The minimum absolute atomic E-state index is 0.122. The molecule has 8 heteroatoms. The number of urea groups is 1. The van der Waals surface area contributed by atoms with Crippen molar-refractivity contribution in [2.45, 2.75) is 32.4 Å². The molecule has 0 saturated carbocycles. The number of rotatable bonds is 8. The highest BCUT2D eigenvalue weighted by atomic mass is 35.5. The van der Waals surface area contributed by atoms with Crippen molar-refractivity contribution in [1.29, 1.82) is 0 Å². The van der Waals surface area contributed by atoms with E-state index in [-0.39, 0.29) is 30.9 Å². The third-order valence-corrected chi connectivity index (χ3v) is 7.74. The molecule has 2 atom stereocenters. The summed E-state index contributed by atoms with van der Waals surface area (Å²) in [5.41, 5.74) is 5.52. The molecule has 2 N–H and O–H groups in total. The van der Waals surface area contributed by atoms with Crippen LogP contribution >= 0.6 is 11.6 Å². The topological polar surface area (TPSA) is 81.8 Å². The van der Waals surface area contributed by atoms with Crippen LogP contribution in [0.25, 0.3) is 0 Å². The van der Waals surface area contributed by atoms with Crippen molar-refractivity contribution >= 4 is 35.1 Å². The molecule has 0 spiro atoms. The zero-order chi connectivity index (χ0) is 28.4. The number of carbonyl (C=O) groups is 3. The van der Waals surface area contributed by atoms with Crippen LogP contribution in [0, 0.1) is 13.8 Å². The van der Waals surface area contributed by atoms with E-state index < -0.39 is 12.1 Å². The Morgan fingerprint density at radius 1 is 1.07 bits per heavy atom. The summed E-state index contributed by atoms with van der Waals surface area (Å²) >= 11 is 6.11. The summed E-state index contributed by atoms with van der Waals surface area (Å²) < 4.78 is 0. The van der Waals surface area contributed by atoms with E-state index in [2.05, 4.69) is 17.2 Å². The second-order valence-electron chi connectivity index (χ2n) is 10.1. The summed E-state index contributed by atoms with van der Waals surface area (Å²) in [5, 5.41) is 6.55. The van der Waals surface area contributed by atoms with Crippen LogP contribution in [0.3, 0.4) is 0 Å². The molecule has 4 amide bonds. The van der Waals surface area contributed by atoms with Crippen LogP contribution in [0.5, 0.6) is 0 Å². The minimum Gasteiger partial charge on any atom is -0.326 e. The summed E-state index contributed by atoms with van der Waals surface area (Å²) in [5.74, 6) is -0.585. The number of anilines is 1. The van der Waals surface area contributed by atoms with Crippen LogP contribution in [0.15, 0.2) is 96.7 Å². The molecule has 5 rings (SSSR count). The Morgan fingerprint density at radius 2 is 1.80 bits per heavy atom. The Morgan fingerprint density at radius 3 is 2.48 bits per heavy atom. The number of carbonyl (C=O) groups excluding carboxylic acids is 3. The van der Waals surface area contributed by atoms with Gasteiger partial charge in [-0.2, -0.15) is 0 Å². The molecule has 0 aromatic heterocycles. The van der Waals surface area contributed by atoms with Gasteiger partial charge < -0.3 is 15.5 Å². The smallest absolute Gasteiger partial charge is 0.322 e. The van der Waals surface area contributed by atoms with Crippen molar-refractivity contribution in [2.75, 3.05) is 18.4 Å².